The van der Waals surface area contributed by atoms with Crippen molar-refractivity contribution < 1.29 is 10.0 Å². The van der Waals surface area contributed by atoms with Crippen LogP contribution in [0.5, 0.6) is 0 Å². The Kier molecular flexibility index (Phi) is 4.38. The fourth-order valence-corrected chi connectivity index (χ4v) is 2.64. The molecule has 0 radical (unpaired) electrons. The van der Waals surface area contributed by atoms with Crippen molar-refractivity contribution in [2.45, 2.75) is 38.1 Å². The Hall–Kier alpha value is -2.20. The zero-order chi connectivity index (χ0) is 15.5. The van der Waals surface area contributed by atoms with E-state index in [2.05, 4.69) is 17.2 Å². The zero-order valence-corrected chi connectivity index (χ0v) is 11.9. The van der Waals surface area contributed by atoms with E-state index in [-0.39, 0.29) is 23.7 Å². The second-order valence-corrected chi connectivity index (χ2v) is 5.71. The minimum atomic E-state index is -0.571. The number of nitro groups is 1. The summed E-state index contributed by atoms with van der Waals surface area (Å²) in [6, 6.07) is 3.04. The summed E-state index contributed by atoms with van der Waals surface area (Å²) in [5.41, 5.74) is -0.665. The molecule has 1 aliphatic rings. The molecule has 1 aromatic rings. The number of rotatable bonds is 4. The van der Waals surface area contributed by atoms with Crippen molar-refractivity contribution in [3.63, 3.8) is 0 Å². The lowest BCUT2D eigenvalue weighted by Crippen LogP contribution is -2.45. The van der Waals surface area contributed by atoms with Crippen LogP contribution in [0.4, 0.5) is 11.5 Å². The van der Waals surface area contributed by atoms with E-state index >= 15 is 0 Å². The first-order chi connectivity index (χ1) is 9.99. The second-order valence-electron chi connectivity index (χ2n) is 5.71. The number of hydrogen-bond donors (Lipinski definition) is 2. The number of anilines is 1. The summed E-state index contributed by atoms with van der Waals surface area (Å²) in [6.07, 6.45) is 4.69. The first-order valence-electron chi connectivity index (χ1n) is 6.93. The first-order valence-corrected chi connectivity index (χ1v) is 6.93. The molecule has 0 bridgehead atoms. The van der Waals surface area contributed by atoms with Crippen LogP contribution in [0.2, 0.25) is 0 Å². The van der Waals surface area contributed by atoms with Crippen molar-refractivity contribution in [1.82, 2.24) is 4.98 Å². The molecule has 7 nitrogen and oxygen atoms in total. The van der Waals surface area contributed by atoms with Crippen LogP contribution in [-0.4, -0.2) is 27.2 Å². The summed E-state index contributed by atoms with van der Waals surface area (Å²) in [5.74, 6) is 0.706. The van der Waals surface area contributed by atoms with Gasteiger partial charge in [0.1, 0.15) is 6.07 Å². The molecule has 1 aliphatic carbocycles. The topological polar surface area (TPSA) is 112 Å². The van der Waals surface area contributed by atoms with Crippen LogP contribution in [0.1, 0.15) is 38.2 Å². The van der Waals surface area contributed by atoms with E-state index in [0.29, 0.717) is 5.92 Å². The Morgan fingerprint density at radius 1 is 1.62 bits per heavy atom. The summed E-state index contributed by atoms with van der Waals surface area (Å²) in [4.78, 5) is 14.6. The van der Waals surface area contributed by atoms with Gasteiger partial charge in [0.2, 0.25) is 5.82 Å². The third kappa shape index (κ3) is 3.28. The standard InChI is InChI=1S/C14H18N4O3/c1-10-2-4-14(9-19,5-3-10)17-13-12(18(20)21)6-11(7-15)8-16-13/h6,8,10,19H,2-5,9H2,1H3,(H,16,17). The molecule has 21 heavy (non-hydrogen) atoms. The monoisotopic (exact) mass is 290 g/mol. The summed E-state index contributed by atoms with van der Waals surface area (Å²) in [5, 5.41) is 32.7. The number of aliphatic hydroxyl groups is 1. The Bertz CT molecular complexity index is 574. The number of nitrogens with zero attached hydrogens (tertiary/aromatic N) is 3. The van der Waals surface area contributed by atoms with Crippen molar-refractivity contribution in [1.29, 1.82) is 5.26 Å². The van der Waals surface area contributed by atoms with Gasteiger partial charge in [-0.05, 0) is 31.6 Å². The normalized spacial score (nSPS) is 25.1. The highest BCUT2D eigenvalue weighted by molar-refractivity contribution is 5.59. The quantitative estimate of drug-likeness (QED) is 0.649. The van der Waals surface area contributed by atoms with E-state index in [1.54, 1.807) is 0 Å². The molecule has 0 aliphatic heterocycles. The number of hydrogen-bond acceptors (Lipinski definition) is 6. The average molecular weight is 290 g/mol. The molecule has 0 atom stereocenters. The van der Waals surface area contributed by atoms with Crippen molar-refractivity contribution in [3.8, 4) is 6.07 Å². The molecule has 1 aromatic heterocycles. The van der Waals surface area contributed by atoms with Crippen molar-refractivity contribution >= 4 is 11.5 Å². The van der Waals surface area contributed by atoms with E-state index in [4.69, 9.17) is 5.26 Å². The molecular formula is C14H18N4O3. The lowest BCUT2D eigenvalue weighted by molar-refractivity contribution is -0.384. The van der Waals surface area contributed by atoms with Gasteiger partial charge < -0.3 is 10.4 Å². The molecule has 2 N–H and O–H groups in total. The smallest absolute Gasteiger partial charge is 0.312 e. The van der Waals surface area contributed by atoms with Gasteiger partial charge >= 0.3 is 5.69 Å². The lowest BCUT2D eigenvalue weighted by atomic mass is 9.77. The van der Waals surface area contributed by atoms with Crippen LogP contribution < -0.4 is 5.32 Å². The van der Waals surface area contributed by atoms with Gasteiger partial charge in [-0.15, -0.1) is 0 Å². The molecule has 1 saturated carbocycles. The molecule has 0 aromatic carbocycles. The van der Waals surface area contributed by atoms with Crippen LogP contribution in [0, 0.1) is 27.4 Å². The van der Waals surface area contributed by atoms with Gasteiger partial charge in [0, 0.05) is 12.3 Å². The molecule has 112 valence electrons. The van der Waals surface area contributed by atoms with Crippen molar-refractivity contribution in [2.24, 2.45) is 5.92 Å². The maximum absolute atomic E-state index is 11.1. The minimum Gasteiger partial charge on any atom is -0.394 e. The first kappa shape index (κ1) is 15.2. The van der Waals surface area contributed by atoms with Crippen LogP contribution in [0.3, 0.4) is 0 Å². The van der Waals surface area contributed by atoms with Gasteiger partial charge in [0.05, 0.1) is 22.6 Å². The minimum absolute atomic E-state index is 0.0987. The molecule has 7 heteroatoms. The van der Waals surface area contributed by atoms with E-state index < -0.39 is 10.5 Å². The third-order valence-electron chi connectivity index (χ3n) is 4.11. The number of nitriles is 1. The van der Waals surface area contributed by atoms with Crippen LogP contribution in [0.25, 0.3) is 0 Å². The maximum Gasteiger partial charge on any atom is 0.312 e. The summed E-state index contributed by atoms with van der Waals surface area (Å²) in [7, 11) is 0. The lowest BCUT2D eigenvalue weighted by Gasteiger charge is -2.38. The highest BCUT2D eigenvalue weighted by Gasteiger charge is 2.35. The zero-order valence-electron chi connectivity index (χ0n) is 11.9. The highest BCUT2D eigenvalue weighted by Crippen LogP contribution is 2.36. The number of nitrogens with one attached hydrogen (secondary N) is 1. The van der Waals surface area contributed by atoms with E-state index in [1.165, 1.54) is 12.3 Å². The molecule has 2 rings (SSSR count). The van der Waals surface area contributed by atoms with Gasteiger partial charge in [-0.2, -0.15) is 5.26 Å². The van der Waals surface area contributed by atoms with Crippen LogP contribution in [0.15, 0.2) is 12.3 Å². The molecule has 0 spiro atoms. The van der Waals surface area contributed by atoms with E-state index in [0.717, 1.165) is 25.7 Å². The van der Waals surface area contributed by atoms with Gasteiger partial charge in [0.25, 0.3) is 0 Å². The van der Waals surface area contributed by atoms with E-state index in [9.17, 15) is 15.2 Å². The summed E-state index contributed by atoms with van der Waals surface area (Å²) in [6.45, 7) is 2.06. The Labute approximate surface area is 122 Å². The summed E-state index contributed by atoms with van der Waals surface area (Å²) < 4.78 is 0. The molecule has 0 amide bonds. The second kappa shape index (κ2) is 6.06. The largest absolute Gasteiger partial charge is 0.394 e. The molecule has 0 saturated heterocycles. The number of pyridine rings is 1. The molecule has 1 fully saturated rings. The van der Waals surface area contributed by atoms with Crippen LogP contribution >= 0.6 is 0 Å². The predicted octanol–water partition coefficient (Wildman–Crippen LogP) is 2.21. The fraction of sp³-hybridized carbons (Fsp3) is 0.571. The highest BCUT2D eigenvalue weighted by atomic mass is 16.6. The Balaban J connectivity index is 2.29. The fourth-order valence-electron chi connectivity index (χ4n) is 2.64. The van der Waals surface area contributed by atoms with Gasteiger partial charge in [-0.25, -0.2) is 4.98 Å². The van der Waals surface area contributed by atoms with Gasteiger partial charge in [-0.1, -0.05) is 6.92 Å². The summed E-state index contributed by atoms with van der Waals surface area (Å²) >= 11 is 0. The van der Waals surface area contributed by atoms with Crippen molar-refractivity contribution in [3.05, 3.63) is 27.9 Å². The van der Waals surface area contributed by atoms with Crippen LogP contribution in [-0.2, 0) is 0 Å². The average Bonchev–Trinajstić information content (AvgIpc) is 2.50. The Morgan fingerprint density at radius 3 is 2.81 bits per heavy atom. The van der Waals surface area contributed by atoms with Crippen molar-refractivity contribution in [2.75, 3.05) is 11.9 Å². The molecular weight excluding hydrogens is 272 g/mol. The number of aliphatic hydroxyl groups excluding tert-OH is 1. The third-order valence-corrected chi connectivity index (χ3v) is 4.11. The SMILES string of the molecule is CC1CCC(CO)(Nc2ncc(C#N)cc2[N+](=O)[O-])CC1. The van der Waals surface area contributed by atoms with E-state index in [1.807, 2.05) is 6.07 Å². The molecule has 0 unspecified atom stereocenters. The predicted molar refractivity (Wildman–Crippen MR) is 76.7 cm³/mol. The van der Waals surface area contributed by atoms with Gasteiger partial charge in [-0.3, -0.25) is 10.1 Å². The molecule has 1 heterocycles. The maximum atomic E-state index is 11.1. The van der Waals surface area contributed by atoms with Gasteiger partial charge in [0.15, 0.2) is 0 Å². The Morgan fingerprint density at radius 2 is 2.29 bits per heavy atom. The number of aromatic nitrogens is 1.